The third kappa shape index (κ3) is 5.93. The Morgan fingerprint density at radius 2 is 1.96 bits per heavy atom. The molecule has 23 heavy (non-hydrogen) atoms. The fraction of sp³-hybridized carbons (Fsp3) is 0.556. The maximum Gasteiger partial charge on any atom is 0.306 e. The van der Waals surface area contributed by atoms with Crippen molar-refractivity contribution in [3.05, 3.63) is 24.3 Å². The van der Waals surface area contributed by atoms with Crippen LogP contribution in [0.4, 0.5) is 5.69 Å². The van der Waals surface area contributed by atoms with E-state index in [4.69, 9.17) is 9.47 Å². The van der Waals surface area contributed by atoms with E-state index in [1.165, 1.54) is 25.7 Å². The van der Waals surface area contributed by atoms with Crippen LogP contribution in [-0.2, 0) is 14.3 Å². The number of hydrogen-bond acceptors (Lipinski definition) is 4. The molecule has 1 aromatic rings. The highest BCUT2D eigenvalue weighted by Gasteiger charge is 2.17. The Kier molecular flexibility index (Phi) is 6.91. The first-order valence-corrected chi connectivity index (χ1v) is 8.36. The number of benzene rings is 1. The molecule has 1 aliphatic carbocycles. The van der Waals surface area contributed by atoms with Crippen LogP contribution < -0.4 is 10.1 Å². The Morgan fingerprint density at radius 3 is 2.70 bits per heavy atom. The summed E-state index contributed by atoms with van der Waals surface area (Å²) in [7, 11) is 0. The van der Waals surface area contributed by atoms with Gasteiger partial charge in [-0.15, -0.1) is 0 Å². The summed E-state index contributed by atoms with van der Waals surface area (Å²) >= 11 is 0. The lowest BCUT2D eigenvalue weighted by atomic mass is 10.0. The standard InChI is InChI=1S/C18H25NO4/c1-2-22-16-10-6-5-9-15(16)19-17(20)13-23-18(21)12-11-14-7-3-4-8-14/h5-6,9-10,14H,2-4,7-8,11-13H2,1H3,(H,19,20). The van der Waals surface area contributed by atoms with Crippen LogP contribution in [0.5, 0.6) is 5.75 Å². The minimum Gasteiger partial charge on any atom is -0.492 e. The van der Waals surface area contributed by atoms with E-state index in [0.717, 1.165) is 6.42 Å². The summed E-state index contributed by atoms with van der Waals surface area (Å²) < 4.78 is 10.5. The molecule has 0 aromatic heterocycles. The fourth-order valence-corrected chi connectivity index (χ4v) is 2.88. The molecule has 0 spiro atoms. The zero-order valence-electron chi connectivity index (χ0n) is 13.7. The summed E-state index contributed by atoms with van der Waals surface area (Å²) in [6.07, 6.45) is 6.22. The predicted molar refractivity (Wildman–Crippen MR) is 88.4 cm³/mol. The molecule has 1 saturated carbocycles. The molecule has 0 atom stereocenters. The van der Waals surface area contributed by atoms with Crippen LogP contribution in [0.25, 0.3) is 0 Å². The number of carbonyl (C=O) groups excluding carboxylic acids is 2. The highest BCUT2D eigenvalue weighted by molar-refractivity contribution is 5.94. The number of anilines is 1. The van der Waals surface area contributed by atoms with Gasteiger partial charge in [-0.2, -0.15) is 0 Å². The second kappa shape index (κ2) is 9.18. The monoisotopic (exact) mass is 319 g/mol. The molecule has 0 unspecified atom stereocenters. The highest BCUT2D eigenvalue weighted by atomic mass is 16.5. The molecular formula is C18H25NO4. The molecule has 0 aliphatic heterocycles. The molecule has 1 aliphatic rings. The number of rotatable bonds is 8. The van der Waals surface area contributed by atoms with Crippen molar-refractivity contribution in [2.75, 3.05) is 18.5 Å². The van der Waals surface area contributed by atoms with Crippen LogP contribution in [0.1, 0.15) is 45.4 Å². The van der Waals surface area contributed by atoms with Gasteiger partial charge >= 0.3 is 5.97 Å². The molecule has 1 fully saturated rings. The number of hydrogen-bond donors (Lipinski definition) is 1. The van der Waals surface area contributed by atoms with E-state index >= 15 is 0 Å². The quantitative estimate of drug-likeness (QED) is 0.744. The molecule has 1 N–H and O–H groups in total. The first-order valence-electron chi connectivity index (χ1n) is 8.36. The summed E-state index contributed by atoms with van der Waals surface area (Å²) in [4.78, 5) is 23.6. The third-order valence-corrected chi connectivity index (χ3v) is 4.06. The lowest BCUT2D eigenvalue weighted by molar-refractivity contribution is -0.147. The van der Waals surface area contributed by atoms with E-state index in [2.05, 4.69) is 5.32 Å². The van der Waals surface area contributed by atoms with Crippen LogP contribution in [0, 0.1) is 5.92 Å². The van der Waals surface area contributed by atoms with Crippen LogP contribution in [-0.4, -0.2) is 25.1 Å². The van der Waals surface area contributed by atoms with E-state index in [1.54, 1.807) is 12.1 Å². The van der Waals surface area contributed by atoms with Gasteiger partial charge in [0.05, 0.1) is 12.3 Å². The maximum absolute atomic E-state index is 11.9. The molecule has 0 heterocycles. The van der Waals surface area contributed by atoms with E-state index in [9.17, 15) is 9.59 Å². The molecule has 0 bridgehead atoms. The molecule has 0 radical (unpaired) electrons. The van der Waals surface area contributed by atoms with Crippen molar-refractivity contribution in [2.45, 2.75) is 45.4 Å². The first-order chi connectivity index (χ1) is 11.2. The summed E-state index contributed by atoms with van der Waals surface area (Å²) in [6, 6.07) is 7.19. The summed E-state index contributed by atoms with van der Waals surface area (Å²) in [5.74, 6) is 0.599. The van der Waals surface area contributed by atoms with Crippen LogP contribution in [0.2, 0.25) is 0 Å². The van der Waals surface area contributed by atoms with Crippen molar-refractivity contribution in [1.82, 2.24) is 0 Å². The maximum atomic E-state index is 11.9. The van der Waals surface area contributed by atoms with Crippen molar-refractivity contribution in [3.63, 3.8) is 0 Å². The van der Waals surface area contributed by atoms with Crippen LogP contribution in [0.3, 0.4) is 0 Å². The van der Waals surface area contributed by atoms with Gasteiger partial charge in [0.25, 0.3) is 5.91 Å². The van der Waals surface area contributed by atoms with Gasteiger partial charge in [-0.3, -0.25) is 9.59 Å². The summed E-state index contributed by atoms with van der Waals surface area (Å²) in [5.41, 5.74) is 0.585. The Hall–Kier alpha value is -2.04. The smallest absolute Gasteiger partial charge is 0.306 e. The molecular weight excluding hydrogens is 294 g/mol. The van der Waals surface area contributed by atoms with Crippen molar-refractivity contribution in [1.29, 1.82) is 0 Å². The molecule has 5 nitrogen and oxygen atoms in total. The average Bonchev–Trinajstić information content (AvgIpc) is 3.06. The largest absolute Gasteiger partial charge is 0.492 e. The second-order valence-corrected chi connectivity index (χ2v) is 5.83. The topological polar surface area (TPSA) is 64.6 Å². The highest BCUT2D eigenvalue weighted by Crippen LogP contribution is 2.28. The number of carbonyl (C=O) groups is 2. The number of esters is 1. The van der Waals surface area contributed by atoms with E-state index in [1.807, 2.05) is 19.1 Å². The van der Waals surface area contributed by atoms with Crippen molar-refractivity contribution in [3.8, 4) is 5.75 Å². The third-order valence-electron chi connectivity index (χ3n) is 4.06. The van der Waals surface area contributed by atoms with Crippen LogP contribution >= 0.6 is 0 Å². The zero-order valence-corrected chi connectivity index (χ0v) is 13.7. The van der Waals surface area contributed by atoms with E-state index < -0.39 is 0 Å². The van der Waals surface area contributed by atoms with Crippen molar-refractivity contribution >= 4 is 17.6 Å². The molecule has 0 saturated heterocycles. The summed E-state index contributed by atoms with van der Waals surface area (Å²) in [6.45, 7) is 2.14. The Labute approximate surface area is 137 Å². The Bertz CT molecular complexity index is 524. The lowest BCUT2D eigenvalue weighted by Crippen LogP contribution is -2.21. The van der Waals surface area contributed by atoms with Gasteiger partial charge < -0.3 is 14.8 Å². The minimum absolute atomic E-state index is 0.260. The van der Waals surface area contributed by atoms with Gasteiger partial charge in [-0.05, 0) is 31.4 Å². The van der Waals surface area contributed by atoms with E-state index in [0.29, 0.717) is 30.4 Å². The van der Waals surface area contributed by atoms with Gasteiger partial charge in [-0.25, -0.2) is 0 Å². The molecule has 1 amide bonds. The SMILES string of the molecule is CCOc1ccccc1NC(=O)COC(=O)CCC1CCCC1. The Morgan fingerprint density at radius 1 is 1.22 bits per heavy atom. The van der Waals surface area contributed by atoms with Crippen molar-refractivity contribution in [2.24, 2.45) is 5.92 Å². The Balaban J connectivity index is 1.71. The van der Waals surface area contributed by atoms with Gasteiger partial charge in [0.2, 0.25) is 0 Å². The lowest BCUT2D eigenvalue weighted by Gasteiger charge is -2.12. The number of ether oxygens (including phenoxy) is 2. The van der Waals surface area contributed by atoms with Gasteiger partial charge in [0, 0.05) is 6.42 Å². The molecule has 5 heteroatoms. The summed E-state index contributed by atoms with van der Waals surface area (Å²) in [5, 5.41) is 2.71. The fourth-order valence-electron chi connectivity index (χ4n) is 2.88. The normalized spacial score (nSPS) is 14.5. The van der Waals surface area contributed by atoms with Gasteiger partial charge in [0.1, 0.15) is 5.75 Å². The van der Waals surface area contributed by atoms with Crippen molar-refractivity contribution < 1.29 is 19.1 Å². The zero-order chi connectivity index (χ0) is 16.5. The van der Waals surface area contributed by atoms with Gasteiger partial charge in [-0.1, -0.05) is 37.8 Å². The number of nitrogens with one attached hydrogen (secondary N) is 1. The average molecular weight is 319 g/mol. The molecule has 126 valence electrons. The van der Waals surface area contributed by atoms with Crippen LogP contribution in [0.15, 0.2) is 24.3 Å². The first kappa shape index (κ1) is 17.3. The number of para-hydroxylation sites is 2. The van der Waals surface area contributed by atoms with E-state index in [-0.39, 0.29) is 18.5 Å². The minimum atomic E-state index is -0.355. The second-order valence-electron chi connectivity index (χ2n) is 5.83. The number of amides is 1. The predicted octanol–water partition coefficient (Wildman–Crippen LogP) is 3.54. The molecule has 2 rings (SSSR count). The van der Waals surface area contributed by atoms with Gasteiger partial charge in [0.15, 0.2) is 6.61 Å². The molecule has 1 aromatic carbocycles.